The van der Waals surface area contributed by atoms with Gasteiger partial charge in [-0.2, -0.15) is 4.31 Å². The van der Waals surface area contributed by atoms with Gasteiger partial charge in [0.15, 0.2) is 0 Å². The fraction of sp³-hybridized carbons (Fsp3) is 0.444. The minimum atomic E-state index is -3.80. The second-order valence-electron chi connectivity index (χ2n) is 6.18. The molecule has 0 N–H and O–H groups in total. The third-order valence-corrected chi connectivity index (χ3v) is 6.31. The molecule has 2 aromatic rings. The number of pyridine rings is 1. The Bertz CT molecular complexity index is 874. The Morgan fingerprint density at radius 3 is 2.77 bits per heavy atom. The number of hydrogen-bond donors (Lipinski definition) is 0. The maximum Gasteiger partial charge on any atom is 0.244 e. The molecule has 0 atom stereocenters. The molecule has 2 heterocycles. The number of sulfonamides is 1. The highest BCUT2D eigenvalue weighted by Crippen LogP contribution is 2.25. The van der Waals surface area contributed by atoms with Crippen molar-refractivity contribution in [2.75, 3.05) is 39.4 Å². The molecule has 1 aromatic heterocycles. The molecule has 3 rings (SSSR count). The van der Waals surface area contributed by atoms with Crippen LogP contribution in [-0.2, 0) is 19.6 Å². The van der Waals surface area contributed by atoms with E-state index in [1.807, 2.05) is 13.0 Å². The first-order valence-corrected chi connectivity index (χ1v) is 10.2. The first kappa shape index (κ1) is 18.8. The van der Waals surface area contributed by atoms with Gasteiger partial charge in [0, 0.05) is 42.8 Å². The molecule has 1 fully saturated rings. The smallest absolute Gasteiger partial charge is 0.244 e. The van der Waals surface area contributed by atoms with E-state index in [1.165, 1.54) is 4.31 Å². The highest BCUT2D eigenvalue weighted by molar-refractivity contribution is 7.89. The van der Waals surface area contributed by atoms with Crippen LogP contribution in [0.3, 0.4) is 0 Å². The number of aromatic nitrogens is 1. The molecule has 1 aromatic carbocycles. The van der Waals surface area contributed by atoms with Crippen LogP contribution < -0.4 is 0 Å². The molecule has 8 heteroatoms. The van der Waals surface area contributed by atoms with Gasteiger partial charge in [0.1, 0.15) is 0 Å². The van der Waals surface area contributed by atoms with Crippen molar-refractivity contribution < 1.29 is 17.9 Å². The summed E-state index contributed by atoms with van der Waals surface area (Å²) >= 11 is 0. The Labute approximate surface area is 153 Å². The molecule has 26 heavy (non-hydrogen) atoms. The molecular weight excluding hydrogens is 354 g/mol. The van der Waals surface area contributed by atoms with E-state index in [0.29, 0.717) is 44.7 Å². The Morgan fingerprint density at radius 2 is 2.04 bits per heavy atom. The molecular formula is C18H23N3O4S. The molecule has 140 valence electrons. The molecule has 0 unspecified atom stereocenters. The maximum absolute atomic E-state index is 13.3. The van der Waals surface area contributed by atoms with E-state index >= 15 is 0 Å². The van der Waals surface area contributed by atoms with E-state index in [9.17, 15) is 13.2 Å². The third-order valence-electron chi connectivity index (χ3n) is 4.41. The minimum Gasteiger partial charge on any atom is -0.378 e. The van der Waals surface area contributed by atoms with Crippen LogP contribution in [0.2, 0.25) is 0 Å². The Kier molecular flexibility index (Phi) is 5.85. The quantitative estimate of drug-likeness (QED) is 0.762. The van der Waals surface area contributed by atoms with Gasteiger partial charge in [-0.15, -0.1) is 0 Å². The van der Waals surface area contributed by atoms with Gasteiger partial charge >= 0.3 is 0 Å². The van der Waals surface area contributed by atoms with E-state index in [1.54, 1.807) is 35.5 Å². The highest BCUT2D eigenvalue weighted by Gasteiger charge is 2.29. The third kappa shape index (κ3) is 3.87. The molecule has 1 aliphatic heterocycles. The molecule has 7 nitrogen and oxygen atoms in total. The second kappa shape index (κ2) is 8.11. The zero-order valence-electron chi connectivity index (χ0n) is 14.8. The molecule has 0 bridgehead atoms. The van der Waals surface area contributed by atoms with Crippen LogP contribution in [0.15, 0.2) is 41.6 Å². The van der Waals surface area contributed by atoms with E-state index in [4.69, 9.17) is 4.74 Å². The fourth-order valence-electron chi connectivity index (χ4n) is 3.05. The lowest BCUT2D eigenvalue weighted by Gasteiger charge is -2.29. The van der Waals surface area contributed by atoms with Gasteiger partial charge in [-0.1, -0.05) is 19.1 Å². The standard InChI is InChI=1S/C18H23N3O4S/c1-2-8-21(14-18(22)20-9-11-25-12-10-20)26(23,24)17-5-3-4-15-13-19-7-6-16(15)17/h3-7,13H,2,8-12,14H2,1H3. The van der Waals surface area contributed by atoms with Crippen LogP contribution in [0.4, 0.5) is 0 Å². The summed E-state index contributed by atoms with van der Waals surface area (Å²) in [5, 5.41) is 1.37. The number of amides is 1. The minimum absolute atomic E-state index is 0.155. The summed E-state index contributed by atoms with van der Waals surface area (Å²) in [5.41, 5.74) is 0. The van der Waals surface area contributed by atoms with Gasteiger partial charge < -0.3 is 9.64 Å². The first-order valence-electron chi connectivity index (χ1n) is 8.72. The molecule has 0 aliphatic carbocycles. The fourth-order valence-corrected chi connectivity index (χ4v) is 4.75. The van der Waals surface area contributed by atoms with Gasteiger partial charge in [-0.05, 0) is 18.6 Å². The van der Waals surface area contributed by atoms with Crippen LogP contribution in [-0.4, -0.2) is 67.9 Å². The van der Waals surface area contributed by atoms with Crippen LogP contribution in [0.5, 0.6) is 0 Å². The number of nitrogens with zero attached hydrogens (tertiary/aromatic N) is 3. The average Bonchev–Trinajstić information content (AvgIpc) is 2.67. The van der Waals surface area contributed by atoms with Crippen molar-refractivity contribution in [3.05, 3.63) is 36.7 Å². The van der Waals surface area contributed by atoms with E-state index in [-0.39, 0.29) is 17.3 Å². The average molecular weight is 377 g/mol. The summed E-state index contributed by atoms with van der Waals surface area (Å²) in [6, 6.07) is 6.80. The number of carbonyl (C=O) groups is 1. The molecule has 0 spiro atoms. The molecule has 1 amide bonds. The second-order valence-corrected chi connectivity index (χ2v) is 8.09. The number of hydrogen-bond acceptors (Lipinski definition) is 5. The van der Waals surface area contributed by atoms with Crippen molar-refractivity contribution >= 4 is 26.7 Å². The summed E-state index contributed by atoms with van der Waals surface area (Å²) in [5.74, 6) is -0.188. The SMILES string of the molecule is CCCN(CC(=O)N1CCOCC1)S(=O)(=O)c1cccc2cnccc12. The van der Waals surface area contributed by atoms with Crippen LogP contribution in [0, 0.1) is 0 Å². The van der Waals surface area contributed by atoms with Crippen LogP contribution in [0.1, 0.15) is 13.3 Å². The predicted octanol–water partition coefficient (Wildman–Crippen LogP) is 1.49. The number of benzene rings is 1. The number of rotatable bonds is 6. The van der Waals surface area contributed by atoms with Gasteiger partial charge in [-0.25, -0.2) is 8.42 Å². The monoisotopic (exact) mass is 377 g/mol. The summed E-state index contributed by atoms with van der Waals surface area (Å²) in [4.78, 5) is 18.5. The van der Waals surface area contributed by atoms with E-state index in [2.05, 4.69) is 4.98 Å². The Morgan fingerprint density at radius 1 is 1.27 bits per heavy atom. The summed E-state index contributed by atoms with van der Waals surface area (Å²) in [6.07, 6.45) is 3.84. The number of morpholine rings is 1. The summed E-state index contributed by atoms with van der Waals surface area (Å²) in [6.45, 7) is 4.01. The van der Waals surface area contributed by atoms with Gasteiger partial charge in [0.2, 0.25) is 15.9 Å². The van der Waals surface area contributed by atoms with Crippen molar-refractivity contribution in [3.8, 4) is 0 Å². The molecule has 1 saturated heterocycles. The van der Waals surface area contributed by atoms with Gasteiger partial charge in [0.25, 0.3) is 0 Å². The lowest BCUT2D eigenvalue weighted by Crippen LogP contribution is -2.47. The van der Waals surface area contributed by atoms with E-state index in [0.717, 1.165) is 5.39 Å². The van der Waals surface area contributed by atoms with Crippen LogP contribution >= 0.6 is 0 Å². The van der Waals surface area contributed by atoms with Crippen molar-refractivity contribution in [3.63, 3.8) is 0 Å². The Balaban J connectivity index is 1.91. The Hall–Kier alpha value is -2.03. The topological polar surface area (TPSA) is 79.8 Å². The number of carbonyl (C=O) groups excluding carboxylic acids is 1. The van der Waals surface area contributed by atoms with Crippen LogP contribution in [0.25, 0.3) is 10.8 Å². The van der Waals surface area contributed by atoms with Gasteiger partial charge in [-0.3, -0.25) is 9.78 Å². The lowest BCUT2D eigenvalue weighted by molar-refractivity contribution is -0.135. The summed E-state index contributed by atoms with van der Waals surface area (Å²) < 4.78 is 33.1. The lowest BCUT2D eigenvalue weighted by atomic mass is 10.2. The van der Waals surface area contributed by atoms with E-state index < -0.39 is 10.0 Å². The largest absolute Gasteiger partial charge is 0.378 e. The van der Waals surface area contributed by atoms with Crippen molar-refractivity contribution in [1.29, 1.82) is 0 Å². The number of ether oxygens (including phenoxy) is 1. The zero-order chi connectivity index (χ0) is 18.6. The molecule has 0 saturated carbocycles. The highest BCUT2D eigenvalue weighted by atomic mass is 32.2. The summed E-state index contributed by atoms with van der Waals surface area (Å²) in [7, 11) is -3.80. The predicted molar refractivity (Wildman–Crippen MR) is 98.2 cm³/mol. The van der Waals surface area contributed by atoms with Crippen molar-refractivity contribution in [2.24, 2.45) is 0 Å². The van der Waals surface area contributed by atoms with Crippen molar-refractivity contribution in [2.45, 2.75) is 18.2 Å². The zero-order valence-corrected chi connectivity index (χ0v) is 15.6. The molecule has 1 aliphatic rings. The first-order chi connectivity index (χ1) is 12.5. The van der Waals surface area contributed by atoms with Gasteiger partial charge in [0.05, 0.1) is 24.7 Å². The normalized spacial score (nSPS) is 15.5. The maximum atomic E-state index is 13.3. The van der Waals surface area contributed by atoms with Crippen molar-refractivity contribution in [1.82, 2.24) is 14.2 Å². The molecule has 0 radical (unpaired) electrons. The number of fused-ring (bicyclic) bond motifs is 1.